The molecular formula is C14H18O3. The molecule has 1 aliphatic heterocycles. The summed E-state index contributed by atoms with van der Waals surface area (Å²) in [6, 6.07) is 5.89. The zero-order chi connectivity index (χ0) is 12.5. The smallest absolute Gasteiger partial charge is 0.165 e. The van der Waals surface area contributed by atoms with Gasteiger partial charge in [0.2, 0.25) is 0 Å². The minimum absolute atomic E-state index is 0.0206. The molecular weight excluding hydrogens is 216 g/mol. The predicted octanol–water partition coefficient (Wildman–Crippen LogP) is 2.33. The third-order valence-electron chi connectivity index (χ3n) is 2.69. The fourth-order valence-corrected chi connectivity index (χ4v) is 1.88. The molecule has 3 heteroatoms. The summed E-state index contributed by atoms with van der Waals surface area (Å²) in [5.74, 6) is 1.59. The van der Waals surface area contributed by atoms with Crippen LogP contribution in [-0.4, -0.2) is 23.9 Å². The summed E-state index contributed by atoms with van der Waals surface area (Å²) in [6.45, 7) is 3.48. The molecule has 1 N–H and O–H groups in total. The fraction of sp³-hybridized carbons (Fsp3) is 0.429. The van der Waals surface area contributed by atoms with E-state index in [0.717, 1.165) is 23.5 Å². The first-order valence-electron chi connectivity index (χ1n) is 5.74. The molecule has 17 heavy (non-hydrogen) atoms. The maximum Gasteiger partial charge on any atom is 0.165 e. The molecule has 0 saturated carbocycles. The molecule has 1 aliphatic rings. The van der Waals surface area contributed by atoms with Crippen LogP contribution in [0.15, 0.2) is 30.4 Å². The Hall–Kier alpha value is -1.48. The van der Waals surface area contributed by atoms with Crippen LogP contribution in [0.1, 0.15) is 19.4 Å². The SMILES string of the molecule is COc1cccc2c1O[C@@H](/C=C/C(C)(C)O)C2. The first-order chi connectivity index (χ1) is 7.99. The largest absolute Gasteiger partial charge is 0.493 e. The number of rotatable bonds is 3. The van der Waals surface area contributed by atoms with E-state index < -0.39 is 5.60 Å². The van der Waals surface area contributed by atoms with Crippen LogP contribution in [0.2, 0.25) is 0 Å². The lowest BCUT2D eigenvalue weighted by atomic mass is 10.1. The molecule has 92 valence electrons. The number of methoxy groups -OCH3 is 1. The lowest BCUT2D eigenvalue weighted by molar-refractivity contribution is 0.131. The van der Waals surface area contributed by atoms with Gasteiger partial charge in [0.15, 0.2) is 11.5 Å². The number of benzene rings is 1. The average Bonchev–Trinajstić information content (AvgIpc) is 2.67. The molecule has 1 aromatic rings. The van der Waals surface area contributed by atoms with E-state index in [1.54, 1.807) is 27.0 Å². The van der Waals surface area contributed by atoms with Crippen molar-refractivity contribution >= 4 is 0 Å². The second kappa shape index (κ2) is 4.41. The summed E-state index contributed by atoms with van der Waals surface area (Å²) < 4.78 is 11.1. The van der Waals surface area contributed by atoms with E-state index in [0.29, 0.717) is 0 Å². The maximum atomic E-state index is 9.63. The lowest BCUT2D eigenvalue weighted by Crippen LogP contribution is -2.17. The van der Waals surface area contributed by atoms with Crippen molar-refractivity contribution < 1.29 is 14.6 Å². The molecule has 0 bridgehead atoms. The second-order valence-electron chi connectivity index (χ2n) is 4.82. The quantitative estimate of drug-likeness (QED) is 0.816. The Kier molecular flexibility index (Phi) is 3.11. The number of ether oxygens (including phenoxy) is 2. The van der Waals surface area contributed by atoms with E-state index in [4.69, 9.17) is 9.47 Å². The molecule has 0 aliphatic carbocycles. The molecule has 0 saturated heterocycles. The van der Waals surface area contributed by atoms with E-state index in [1.165, 1.54) is 0 Å². The van der Waals surface area contributed by atoms with Gasteiger partial charge in [-0.1, -0.05) is 18.2 Å². The Morgan fingerprint density at radius 1 is 1.47 bits per heavy atom. The van der Waals surface area contributed by atoms with Crippen LogP contribution in [0.25, 0.3) is 0 Å². The van der Waals surface area contributed by atoms with Gasteiger partial charge in [0.25, 0.3) is 0 Å². The minimum Gasteiger partial charge on any atom is -0.493 e. The van der Waals surface area contributed by atoms with E-state index in [2.05, 4.69) is 0 Å². The van der Waals surface area contributed by atoms with Crippen molar-refractivity contribution in [1.82, 2.24) is 0 Å². The Bertz CT molecular complexity index is 430. The number of hydrogen-bond donors (Lipinski definition) is 1. The van der Waals surface area contributed by atoms with Crippen LogP contribution in [0.5, 0.6) is 11.5 Å². The molecule has 0 unspecified atom stereocenters. The average molecular weight is 234 g/mol. The molecule has 0 aromatic heterocycles. The third kappa shape index (κ3) is 2.80. The van der Waals surface area contributed by atoms with Gasteiger partial charge < -0.3 is 14.6 Å². The number of para-hydroxylation sites is 1. The van der Waals surface area contributed by atoms with E-state index in [1.807, 2.05) is 24.3 Å². The van der Waals surface area contributed by atoms with Gasteiger partial charge in [0.1, 0.15) is 6.10 Å². The Morgan fingerprint density at radius 3 is 2.88 bits per heavy atom. The second-order valence-corrected chi connectivity index (χ2v) is 4.82. The highest BCUT2D eigenvalue weighted by molar-refractivity contribution is 5.49. The predicted molar refractivity (Wildman–Crippen MR) is 66.6 cm³/mol. The van der Waals surface area contributed by atoms with Gasteiger partial charge in [-0.15, -0.1) is 0 Å². The van der Waals surface area contributed by atoms with E-state index in [-0.39, 0.29) is 6.10 Å². The number of hydrogen-bond acceptors (Lipinski definition) is 3. The summed E-state index contributed by atoms with van der Waals surface area (Å²) in [5, 5.41) is 9.63. The van der Waals surface area contributed by atoms with Gasteiger partial charge in [0, 0.05) is 12.0 Å². The van der Waals surface area contributed by atoms with Crippen molar-refractivity contribution in [2.45, 2.75) is 32.0 Å². The van der Waals surface area contributed by atoms with E-state index in [9.17, 15) is 5.11 Å². The lowest BCUT2D eigenvalue weighted by Gasteiger charge is -2.12. The minimum atomic E-state index is -0.803. The van der Waals surface area contributed by atoms with Crippen molar-refractivity contribution in [3.05, 3.63) is 35.9 Å². The van der Waals surface area contributed by atoms with Crippen molar-refractivity contribution in [3.8, 4) is 11.5 Å². The van der Waals surface area contributed by atoms with Gasteiger partial charge in [-0.3, -0.25) is 0 Å². The fourth-order valence-electron chi connectivity index (χ4n) is 1.88. The normalized spacial score (nSPS) is 19.2. The van der Waals surface area contributed by atoms with Crippen LogP contribution in [0.3, 0.4) is 0 Å². The Labute approximate surface area is 102 Å². The number of fused-ring (bicyclic) bond motifs is 1. The van der Waals surface area contributed by atoms with Crippen LogP contribution >= 0.6 is 0 Å². The van der Waals surface area contributed by atoms with Gasteiger partial charge >= 0.3 is 0 Å². The maximum absolute atomic E-state index is 9.63. The summed E-state index contributed by atoms with van der Waals surface area (Å²) in [7, 11) is 1.64. The first kappa shape index (κ1) is 12.0. The molecule has 0 fully saturated rings. The zero-order valence-electron chi connectivity index (χ0n) is 10.4. The molecule has 1 atom stereocenters. The van der Waals surface area contributed by atoms with Crippen molar-refractivity contribution in [3.63, 3.8) is 0 Å². The molecule has 0 amide bonds. The van der Waals surface area contributed by atoms with Crippen LogP contribution in [-0.2, 0) is 6.42 Å². The monoisotopic (exact) mass is 234 g/mol. The van der Waals surface area contributed by atoms with Crippen molar-refractivity contribution in [1.29, 1.82) is 0 Å². The molecule has 0 radical (unpaired) electrons. The van der Waals surface area contributed by atoms with Gasteiger partial charge in [0.05, 0.1) is 12.7 Å². The highest BCUT2D eigenvalue weighted by Gasteiger charge is 2.24. The Balaban J connectivity index is 2.14. The highest BCUT2D eigenvalue weighted by atomic mass is 16.5. The standard InChI is InChI=1S/C14H18O3/c1-14(2,15)8-7-11-9-10-5-4-6-12(16-3)13(10)17-11/h4-8,11,15H,9H2,1-3H3/b8-7+/t11-/m0/s1. The van der Waals surface area contributed by atoms with Gasteiger partial charge in [-0.2, -0.15) is 0 Å². The van der Waals surface area contributed by atoms with Gasteiger partial charge in [-0.25, -0.2) is 0 Å². The summed E-state index contributed by atoms with van der Waals surface area (Å²) in [6.07, 6.45) is 4.46. The number of aliphatic hydroxyl groups is 1. The van der Waals surface area contributed by atoms with Crippen LogP contribution in [0, 0.1) is 0 Å². The van der Waals surface area contributed by atoms with E-state index >= 15 is 0 Å². The molecule has 3 nitrogen and oxygen atoms in total. The topological polar surface area (TPSA) is 38.7 Å². The molecule has 0 spiro atoms. The third-order valence-corrected chi connectivity index (χ3v) is 2.69. The molecule has 1 heterocycles. The van der Waals surface area contributed by atoms with Crippen molar-refractivity contribution in [2.24, 2.45) is 0 Å². The van der Waals surface area contributed by atoms with Gasteiger partial charge in [-0.05, 0) is 26.0 Å². The summed E-state index contributed by atoms with van der Waals surface area (Å²) >= 11 is 0. The molecule has 2 rings (SSSR count). The molecule has 1 aromatic carbocycles. The van der Waals surface area contributed by atoms with Crippen LogP contribution < -0.4 is 9.47 Å². The van der Waals surface area contributed by atoms with Crippen LogP contribution in [0.4, 0.5) is 0 Å². The zero-order valence-corrected chi connectivity index (χ0v) is 10.4. The Morgan fingerprint density at radius 2 is 2.24 bits per heavy atom. The first-order valence-corrected chi connectivity index (χ1v) is 5.74. The highest BCUT2D eigenvalue weighted by Crippen LogP contribution is 2.37. The summed E-state index contributed by atoms with van der Waals surface area (Å²) in [4.78, 5) is 0. The summed E-state index contributed by atoms with van der Waals surface area (Å²) in [5.41, 5.74) is 0.345. The van der Waals surface area contributed by atoms with Crippen molar-refractivity contribution in [2.75, 3.05) is 7.11 Å².